The standard InChI is InChI=1S/C11H10O2.C3H4O2/c12-11(13)9-5-4-8-10-6-2-1-3-7-10;1-2-3(4)5/h1-9H,(H,12,13);2H,1H2,(H,4,5). The third kappa shape index (κ3) is 9.92. The minimum Gasteiger partial charge on any atom is -0.478 e. The van der Waals surface area contributed by atoms with Gasteiger partial charge in [0.1, 0.15) is 0 Å². The minimum absolute atomic E-state index is 0.833. The van der Waals surface area contributed by atoms with E-state index in [-0.39, 0.29) is 0 Å². The van der Waals surface area contributed by atoms with Gasteiger partial charge in [0, 0.05) is 12.2 Å². The van der Waals surface area contributed by atoms with E-state index in [9.17, 15) is 9.59 Å². The van der Waals surface area contributed by atoms with Crippen LogP contribution in [0.4, 0.5) is 0 Å². The zero-order valence-corrected chi connectivity index (χ0v) is 9.69. The molecule has 0 amide bonds. The molecule has 0 aliphatic rings. The Morgan fingerprint density at radius 2 is 1.56 bits per heavy atom. The Morgan fingerprint density at radius 1 is 1.00 bits per heavy atom. The van der Waals surface area contributed by atoms with Crippen molar-refractivity contribution in [2.24, 2.45) is 0 Å². The van der Waals surface area contributed by atoms with Crippen LogP contribution in [0.5, 0.6) is 0 Å². The summed E-state index contributed by atoms with van der Waals surface area (Å²) in [5, 5.41) is 15.9. The van der Waals surface area contributed by atoms with Gasteiger partial charge in [0.05, 0.1) is 0 Å². The lowest BCUT2D eigenvalue weighted by Crippen LogP contribution is -1.84. The molecule has 0 unspecified atom stereocenters. The molecule has 0 aliphatic heterocycles. The van der Waals surface area contributed by atoms with Gasteiger partial charge in [0.2, 0.25) is 0 Å². The lowest BCUT2D eigenvalue weighted by molar-refractivity contribution is -0.132. The molecular weight excluding hydrogens is 232 g/mol. The third-order valence-corrected chi connectivity index (χ3v) is 1.61. The molecule has 4 heteroatoms. The molecule has 0 spiro atoms. The van der Waals surface area contributed by atoms with Crippen molar-refractivity contribution in [3.05, 3.63) is 66.8 Å². The quantitative estimate of drug-likeness (QED) is 0.632. The van der Waals surface area contributed by atoms with E-state index < -0.39 is 11.9 Å². The summed E-state index contributed by atoms with van der Waals surface area (Å²) in [6.07, 6.45) is 6.97. The van der Waals surface area contributed by atoms with Gasteiger partial charge in [-0.2, -0.15) is 0 Å². The van der Waals surface area contributed by atoms with Crippen molar-refractivity contribution in [2.75, 3.05) is 0 Å². The highest BCUT2D eigenvalue weighted by Gasteiger charge is 1.82. The second-order valence-corrected chi connectivity index (χ2v) is 3.01. The average molecular weight is 246 g/mol. The topological polar surface area (TPSA) is 74.6 Å². The number of aliphatic carboxylic acids is 2. The van der Waals surface area contributed by atoms with Crippen LogP contribution in [0.3, 0.4) is 0 Å². The van der Waals surface area contributed by atoms with Crippen molar-refractivity contribution >= 4 is 18.0 Å². The van der Waals surface area contributed by atoms with Crippen molar-refractivity contribution in [2.45, 2.75) is 0 Å². The van der Waals surface area contributed by atoms with Gasteiger partial charge in [0.15, 0.2) is 0 Å². The van der Waals surface area contributed by atoms with Crippen molar-refractivity contribution in [3.8, 4) is 0 Å². The fraction of sp³-hybridized carbons (Fsp3) is 0. The second-order valence-electron chi connectivity index (χ2n) is 3.01. The zero-order chi connectivity index (χ0) is 13.8. The number of carboxylic acid groups (broad SMARTS) is 2. The van der Waals surface area contributed by atoms with Gasteiger partial charge in [-0.15, -0.1) is 0 Å². The van der Waals surface area contributed by atoms with Crippen LogP contribution in [-0.2, 0) is 9.59 Å². The molecule has 1 aromatic rings. The monoisotopic (exact) mass is 246 g/mol. The summed E-state index contributed by atoms with van der Waals surface area (Å²) >= 11 is 0. The maximum Gasteiger partial charge on any atom is 0.328 e. The van der Waals surface area contributed by atoms with E-state index >= 15 is 0 Å². The number of carboxylic acids is 2. The first-order valence-corrected chi connectivity index (χ1v) is 5.04. The smallest absolute Gasteiger partial charge is 0.328 e. The number of benzene rings is 1. The van der Waals surface area contributed by atoms with Crippen LogP contribution in [0, 0.1) is 0 Å². The van der Waals surface area contributed by atoms with Gasteiger partial charge in [-0.1, -0.05) is 55.1 Å². The number of carbonyl (C=O) groups is 2. The van der Waals surface area contributed by atoms with Crippen molar-refractivity contribution in [1.29, 1.82) is 0 Å². The summed E-state index contributed by atoms with van der Waals surface area (Å²) in [6.45, 7) is 2.96. The molecule has 0 aliphatic carbocycles. The van der Waals surface area contributed by atoms with Crippen LogP contribution in [0.2, 0.25) is 0 Å². The number of rotatable bonds is 4. The Labute approximate surface area is 105 Å². The van der Waals surface area contributed by atoms with Crippen LogP contribution >= 0.6 is 0 Å². The molecule has 0 bridgehead atoms. The van der Waals surface area contributed by atoms with Crippen molar-refractivity contribution in [1.82, 2.24) is 0 Å². The van der Waals surface area contributed by atoms with Crippen LogP contribution in [0.15, 0.2) is 61.2 Å². The molecule has 0 fully saturated rings. The summed E-state index contributed by atoms with van der Waals surface area (Å²) in [7, 11) is 0. The summed E-state index contributed by atoms with van der Waals surface area (Å²) in [6, 6.07) is 9.70. The van der Waals surface area contributed by atoms with Crippen LogP contribution in [0.25, 0.3) is 6.08 Å². The molecule has 18 heavy (non-hydrogen) atoms. The predicted octanol–water partition coefficient (Wildman–Crippen LogP) is 2.60. The SMILES string of the molecule is C=CC(=O)O.O=C(O)C=CC=Cc1ccccc1. The third-order valence-electron chi connectivity index (χ3n) is 1.61. The normalized spacial score (nSPS) is 9.78. The molecular formula is C14H14O4. The second kappa shape index (κ2) is 9.59. The van der Waals surface area contributed by atoms with Crippen LogP contribution < -0.4 is 0 Å². The summed E-state index contributed by atoms with van der Waals surface area (Å²) in [5.74, 6) is -1.91. The van der Waals surface area contributed by atoms with Gasteiger partial charge in [-0.25, -0.2) is 9.59 Å². The lowest BCUT2D eigenvalue weighted by atomic mass is 10.2. The van der Waals surface area contributed by atoms with Crippen LogP contribution in [0.1, 0.15) is 5.56 Å². The highest BCUT2D eigenvalue weighted by atomic mass is 16.4. The Kier molecular flexibility index (Phi) is 8.20. The Morgan fingerprint density at radius 3 is 2.00 bits per heavy atom. The van der Waals surface area contributed by atoms with E-state index in [1.807, 2.05) is 36.4 Å². The van der Waals surface area contributed by atoms with Crippen molar-refractivity contribution in [3.63, 3.8) is 0 Å². The molecule has 0 radical (unpaired) electrons. The molecule has 1 aromatic carbocycles. The zero-order valence-electron chi connectivity index (χ0n) is 9.69. The maximum atomic E-state index is 10.1. The molecule has 2 N–H and O–H groups in total. The van der Waals surface area contributed by atoms with Crippen LogP contribution in [-0.4, -0.2) is 22.2 Å². The first-order chi connectivity index (χ1) is 8.56. The predicted molar refractivity (Wildman–Crippen MR) is 70.1 cm³/mol. The maximum absolute atomic E-state index is 10.1. The molecule has 0 saturated heterocycles. The highest BCUT2D eigenvalue weighted by Crippen LogP contribution is 2.00. The van der Waals surface area contributed by atoms with E-state index in [1.165, 1.54) is 6.08 Å². The van der Waals surface area contributed by atoms with Gasteiger partial charge >= 0.3 is 11.9 Å². The Balaban J connectivity index is 0.000000494. The van der Waals surface area contributed by atoms with E-state index in [0.717, 1.165) is 17.7 Å². The van der Waals surface area contributed by atoms with Gasteiger partial charge in [-0.05, 0) is 5.56 Å². The van der Waals surface area contributed by atoms with Gasteiger partial charge < -0.3 is 10.2 Å². The molecule has 94 valence electrons. The van der Waals surface area contributed by atoms with Gasteiger partial charge in [-0.3, -0.25) is 0 Å². The molecule has 1 rings (SSSR count). The first kappa shape index (κ1) is 15.4. The Bertz CT molecular complexity index is 444. The van der Waals surface area contributed by atoms with E-state index in [0.29, 0.717) is 0 Å². The summed E-state index contributed by atoms with van der Waals surface area (Å²) in [5.41, 5.74) is 1.05. The van der Waals surface area contributed by atoms with E-state index in [2.05, 4.69) is 6.58 Å². The molecule has 0 saturated carbocycles. The molecule has 4 nitrogen and oxygen atoms in total. The fourth-order valence-electron chi connectivity index (χ4n) is 0.869. The average Bonchev–Trinajstić information content (AvgIpc) is 2.36. The largest absolute Gasteiger partial charge is 0.478 e. The number of hydrogen-bond donors (Lipinski definition) is 2. The summed E-state index contributed by atoms with van der Waals surface area (Å²) < 4.78 is 0. The summed E-state index contributed by atoms with van der Waals surface area (Å²) in [4.78, 5) is 19.3. The molecule has 0 atom stereocenters. The minimum atomic E-state index is -0.981. The number of allylic oxidation sites excluding steroid dienone is 2. The lowest BCUT2D eigenvalue weighted by Gasteiger charge is -1.87. The highest BCUT2D eigenvalue weighted by molar-refractivity contribution is 5.80. The van der Waals surface area contributed by atoms with E-state index in [1.54, 1.807) is 6.08 Å². The van der Waals surface area contributed by atoms with Crippen molar-refractivity contribution < 1.29 is 19.8 Å². The number of hydrogen-bond acceptors (Lipinski definition) is 2. The Hall–Kier alpha value is -2.62. The molecule has 0 heterocycles. The van der Waals surface area contributed by atoms with E-state index in [4.69, 9.17) is 10.2 Å². The first-order valence-electron chi connectivity index (χ1n) is 5.04. The fourth-order valence-corrected chi connectivity index (χ4v) is 0.869. The van der Waals surface area contributed by atoms with Gasteiger partial charge in [0.25, 0.3) is 0 Å². The molecule has 0 aromatic heterocycles.